The van der Waals surface area contributed by atoms with Crippen LogP contribution in [-0.2, 0) is 6.42 Å². The van der Waals surface area contributed by atoms with Gasteiger partial charge in [0.1, 0.15) is 5.82 Å². The fraction of sp³-hybridized carbons (Fsp3) is 0.286. The van der Waals surface area contributed by atoms with Crippen molar-refractivity contribution in [2.75, 3.05) is 13.6 Å². The first-order valence-corrected chi connectivity index (χ1v) is 7.09. The van der Waals surface area contributed by atoms with Gasteiger partial charge in [-0.3, -0.25) is 0 Å². The quantitative estimate of drug-likeness (QED) is 0.872. The van der Waals surface area contributed by atoms with Crippen LogP contribution in [0.3, 0.4) is 0 Å². The molecule has 0 bridgehead atoms. The van der Waals surface area contributed by atoms with Gasteiger partial charge >= 0.3 is 0 Å². The lowest BCUT2D eigenvalue weighted by atomic mass is 9.94. The maximum absolute atomic E-state index is 13.8. The van der Waals surface area contributed by atoms with Crippen LogP contribution >= 0.6 is 22.9 Å². The lowest BCUT2D eigenvalue weighted by molar-refractivity contribution is 0.558. The van der Waals surface area contributed by atoms with E-state index in [0.29, 0.717) is 0 Å². The van der Waals surface area contributed by atoms with Crippen molar-refractivity contribution in [3.05, 3.63) is 57.0 Å². The average molecular weight is 284 g/mol. The molecule has 18 heavy (non-hydrogen) atoms. The van der Waals surface area contributed by atoms with Gasteiger partial charge in [0.05, 0.1) is 5.02 Å². The molecule has 0 aliphatic rings. The second kappa shape index (κ2) is 6.32. The zero-order valence-corrected chi connectivity index (χ0v) is 11.7. The first-order valence-electron chi connectivity index (χ1n) is 5.83. The molecule has 0 aliphatic heterocycles. The molecule has 1 atom stereocenters. The Morgan fingerprint density at radius 3 is 2.72 bits per heavy atom. The van der Waals surface area contributed by atoms with E-state index in [4.69, 9.17) is 11.6 Å². The molecule has 2 rings (SSSR count). The van der Waals surface area contributed by atoms with Gasteiger partial charge in [0, 0.05) is 17.3 Å². The minimum absolute atomic E-state index is 0.104. The number of hydrogen-bond acceptors (Lipinski definition) is 2. The topological polar surface area (TPSA) is 12.0 Å². The van der Waals surface area contributed by atoms with Gasteiger partial charge in [-0.25, -0.2) is 4.39 Å². The smallest absolute Gasteiger partial charge is 0.126 e. The summed E-state index contributed by atoms with van der Waals surface area (Å²) in [6.45, 7) is 0.731. The molecule has 1 heterocycles. The van der Waals surface area contributed by atoms with E-state index in [0.717, 1.165) is 28.4 Å². The molecule has 1 nitrogen and oxygen atoms in total. The van der Waals surface area contributed by atoms with Crippen molar-refractivity contribution in [2.24, 2.45) is 0 Å². The maximum atomic E-state index is 13.8. The molecule has 1 aromatic heterocycles. The summed E-state index contributed by atoms with van der Waals surface area (Å²) in [5, 5.41) is 5.86. The number of nitrogens with one attached hydrogen (secondary N) is 1. The molecule has 2 aromatic rings. The monoisotopic (exact) mass is 283 g/mol. The fourth-order valence-corrected chi connectivity index (χ4v) is 3.23. The SMILES string of the molecule is CNCC(Cc1sccc1Cl)c1ccccc1F. The van der Waals surface area contributed by atoms with Crippen LogP contribution in [0, 0.1) is 5.82 Å². The molecule has 0 spiro atoms. The van der Waals surface area contributed by atoms with Crippen LogP contribution in [0.4, 0.5) is 4.39 Å². The van der Waals surface area contributed by atoms with Crippen molar-refractivity contribution in [1.82, 2.24) is 5.32 Å². The summed E-state index contributed by atoms with van der Waals surface area (Å²) in [5.41, 5.74) is 0.747. The van der Waals surface area contributed by atoms with E-state index < -0.39 is 0 Å². The van der Waals surface area contributed by atoms with E-state index in [1.54, 1.807) is 17.4 Å². The van der Waals surface area contributed by atoms with Gasteiger partial charge in [0.2, 0.25) is 0 Å². The third kappa shape index (κ3) is 3.10. The Hall–Kier alpha value is -0.900. The Morgan fingerprint density at radius 1 is 1.33 bits per heavy atom. The van der Waals surface area contributed by atoms with Gasteiger partial charge in [0.25, 0.3) is 0 Å². The normalized spacial score (nSPS) is 12.6. The Morgan fingerprint density at radius 2 is 2.11 bits per heavy atom. The summed E-state index contributed by atoms with van der Waals surface area (Å²) in [7, 11) is 1.88. The summed E-state index contributed by atoms with van der Waals surface area (Å²) in [4.78, 5) is 1.11. The summed E-state index contributed by atoms with van der Waals surface area (Å²) in [6, 6.07) is 8.83. The lowest BCUT2D eigenvalue weighted by Gasteiger charge is -2.17. The van der Waals surface area contributed by atoms with Gasteiger partial charge < -0.3 is 5.32 Å². The van der Waals surface area contributed by atoms with Gasteiger partial charge in [-0.2, -0.15) is 0 Å². The van der Waals surface area contributed by atoms with Crippen LogP contribution < -0.4 is 5.32 Å². The number of rotatable bonds is 5. The highest BCUT2D eigenvalue weighted by Crippen LogP contribution is 2.29. The molecule has 0 saturated carbocycles. The average Bonchev–Trinajstić information content (AvgIpc) is 2.75. The Labute approximate surface area is 116 Å². The Balaban J connectivity index is 2.24. The van der Waals surface area contributed by atoms with Gasteiger partial charge in [-0.1, -0.05) is 29.8 Å². The van der Waals surface area contributed by atoms with E-state index in [9.17, 15) is 4.39 Å². The molecule has 0 amide bonds. The van der Waals surface area contributed by atoms with Gasteiger partial charge in [-0.05, 0) is 36.5 Å². The maximum Gasteiger partial charge on any atom is 0.126 e. The standard InChI is InChI=1S/C14H15ClFNS/c1-17-9-10(8-14-12(15)6-7-18-14)11-4-2-3-5-13(11)16/h2-7,10,17H,8-9H2,1H3. The van der Waals surface area contributed by atoms with Crippen LogP contribution in [0.1, 0.15) is 16.4 Å². The zero-order valence-electron chi connectivity index (χ0n) is 10.1. The molecule has 1 aromatic carbocycles. The largest absolute Gasteiger partial charge is 0.319 e. The zero-order chi connectivity index (χ0) is 13.0. The predicted octanol–water partition coefficient (Wildman–Crippen LogP) is 4.09. The Kier molecular flexibility index (Phi) is 4.75. The molecular weight excluding hydrogens is 269 g/mol. The Bertz CT molecular complexity index is 512. The van der Waals surface area contributed by atoms with E-state index in [2.05, 4.69) is 5.32 Å². The molecule has 0 aliphatic carbocycles. The molecule has 0 saturated heterocycles. The van der Waals surface area contributed by atoms with Crippen LogP contribution in [-0.4, -0.2) is 13.6 Å². The predicted molar refractivity (Wildman–Crippen MR) is 76.1 cm³/mol. The van der Waals surface area contributed by atoms with Crippen molar-refractivity contribution in [3.63, 3.8) is 0 Å². The number of hydrogen-bond donors (Lipinski definition) is 1. The molecule has 0 fully saturated rings. The summed E-state index contributed by atoms with van der Waals surface area (Å²) < 4.78 is 13.8. The highest BCUT2D eigenvalue weighted by molar-refractivity contribution is 7.10. The second-order valence-corrected chi connectivity index (χ2v) is 5.58. The molecular formula is C14H15ClFNS. The van der Waals surface area contributed by atoms with Gasteiger partial charge in [-0.15, -0.1) is 11.3 Å². The van der Waals surface area contributed by atoms with Crippen LogP contribution in [0.15, 0.2) is 35.7 Å². The third-order valence-electron chi connectivity index (χ3n) is 2.92. The third-order valence-corrected chi connectivity index (χ3v) is 4.33. The number of thiophene rings is 1. The fourth-order valence-electron chi connectivity index (χ4n) is 2.04. The minimum atomic E-state index is -0.148. The number of likely N-dealkylation sites (N-methyl/N-ethyl adjacent to an activating group) is 1. The van der Waals surface area contributed by atoms with E-state index >= 15 is 0 Å². The number of halogens is 2. The van der Waals surface area contributed by atoms with E-state index in [-0.39, 0.29) is 11.7 Å². The molecule has 1 N–H and O–H groups in total. The second-order valence-electron chi connectivity index (χ2n) is 4.17. The highest BCUT2D eigenvalue weighted by Gasteiger charge is 2.17. The van der Waals surface area contributed by atoms with Crippen molar-refractivity contribution < 1.29 is 4.39 Å². The van der Waals surface area contributed by atoms with Crippen molar-refractivity contribution in [1.29, 1.82) is 0 Å². The lowest BCUT2D eigenvalue weighted by Crippen LogP contribution is -2.19. The van der Waals surface area contributed by atoms with E-state index in [1.165, 1.54) is 6.07 Å². The highest BCUT2D eigenvalue weighted by atomic mass is 35.5. The molecule has 4 heteroatoms. The molecule has 0 radical (unpaired) electrons. The van der Waals surface area contributed by atoms with E-state index in [1.807, 2.05) is 30.6 Å². The molecule has 1 unspecified atom stereocenters. The van der Waals surface area contributed by atoms with Crippen LogP contribution in [0.5, 0.6) is 0 Å². The summed E-state index contributed by atoms with van der Waals surface area (Å²) in [5.74, 6) is -0.0437. The van der Waals surface area contributed by atoms with Gasteiger partial charge in [0.15, 0.2) is 0 Å². The first-order chi connectivity index (χ1) is 8.72. The van der Waals surface area contributed by atoms with Crippen molar-refractivity contribution in [2.45, 2.75) is 12.3 Å². The van der Waals surface area contributed by atoms with Crippen LogP contribution in [0.2, 0.25) is 5.02 Å². The van der Waals surface area contributed by atoms with Crippen molar-refractivity contribution >= 4 is 22.9 Å². The minimum Gasteiger partial charge on any atom is -0.319 e. The molecule has 96 valence electrons. The van der Waals surface area contributed by atoms with Crippen LogP contribution in [0.25, 0.3) is 0 Å². The van der Waals surface area contributed by atoms with Crippen molar-refractivity contribution in [3.8, 4) is 0 Å². The summed E-state index contributed by atoms with van der Waals surface area (Å²) in [6.07, 6.45) is 0.762. The summed E-state index contributed by atoms with van der Waals surface area (Å²) >= 11 is 7.73. The first kappa shape index (κ1) is 13.5. The number of benzene rings is 1.